The third kappa shape index (κ3) is 5.10. The van der Waals surface area contributed by atoms with Crippen molar-refractivity contribution in [3.8, 4) is 23.0 Å². The lowest BCUT2D eigenvalue weighted by atomic mass is 10.1. The molecule has 4 aromatic rings. The minimum absolute atomic E-state index is 0.0397. The van der Waals surface area contributed by atoms with Crippen LogP contribution in [0.3, 0.4) is 0 Å². The molecule has 4 rings (SSSR count). The van der Waals surface area contributed by atoms with Crippen molar-refractivity contribution in [1.29, 1.82) is 0 Å². The van der Waals surface area contributed by atoms with Crippen molar-refractivity contribution in [2.24, 2.45) is 0 Å². The van der Waals surface area contributed by atoms with E-state index in [9.17, 15) is 20.0 Å². The molecule has 0 atom stereocenters. The molecule has 0 unspecified atom stereocenters. The second-order valence-electron chi connectivity index (χ2n) is 7.96. The number of carbonyl (C=O) groups is 1. The molecule has 3 N–H and O–H groups in total. The first-order valence-electron chi connectivity index (χ1n) is 10.9. The molecule has 0 bridgehead atoms. The number of benzene rings is 3. The van der Waals surface area contributed by atoms with Gasteiger partial charge in [0.15, 0.2) is 16.4 Å². The van der Waals surface area contributed by atoms with Gasteiger partial charge in [-0.15, -0.1) is 0 Å². The Morgan fingerprint density at radius 1 is 1.19 bits per heavy atom. The van der Waals surface area contributed by atoms with Gasteiger partial charge >= 0.3 is 5.69 Å². The van der Waals surface area contributed by atoms with Crippen molar-refractivity contribution >= 4 is 45.7 Å². The van der Waals surface area contributed by atoms with Gasteiger partial charge in [0.2, 0.25) is 5.89 Å². The van der Waals surface area contributed by atoms with Crippen molar-refractivity contribution in [3.05, 3.63) is 75.3 Å². The molecule has 0 aliphatic heterocycles. The number of hydrogen-bond donors (Lipinski definition) is 3. The Bertz CT molecular complexity index is 1510. The second kappa shape index (κ2) is 10.0. The van der Waals surface area contributed by atoms with Crippen LogP contribution in [-0.2, 0) is 0 Å². The number of aromatic hydroxyl groups is 1. The highest BCUT2D eigenvalue weighted by molar-refractivity contribution is 7.80. The number of aryl methyl sites for hydroxylation is 2. The molecule has 0 aliphatic rings. The highest BCUT2D eigenvalue weighted by atomic mass is 32.1. The first-order valence-corrected chi connectivity index (χ1v) is 11.3. The van der Waals surface area contributed by atoms with Crippen LogP contribution in [0.1, 0.15) is 28.4 Å². The van der Waals surface area contributed by atoms with Gasteiger partial charge in [0.1, 0.15) is 11.3 Å². The van der Waals surface area contributed by atoms with Crippen LogP contribution >= 0.6 is 12.2 Å². The molecular formula is C25H22N4O6S. The van der Waals surface area contributed by atoms with Gasteiger partial charge in [-0.3, -0.25) is 20.2 Å². The molecule has 10 nitrogen and oxygen atoms in total. The summed E-state index contributed by atoms with van der Waals surface area (Å²) in [6.45, 7) is 5.83. The summed E-state index contributed by atoms with van der Waals surface area (Å²) in [7, 11) is 0. The molecule has 184 valence electrons. The van der Waals surface area contributed by atoms with Crippen LogP contribution in [0.5, 0.6) is 11.5 Å². The Labute approximate surface area is 211 Å². The molecule has 0 aliphatic carbocycles. The van der Waals surface area contributed by atoms with Gasteiger partial charge in [-0.1, -0.05) is 6.07 Å². The zero-order valence-corrected chi connectivity index (χ0v) is 20.4. The van der Waals surface area contributed by atoms with Crippen molar-refractivity contribution < 1.29 is 24.0 Å². The summed E-state index contributed by atoms with van der Waals surface area (Å²) in [6, 6.07) is 12.4. The molecular weight excluding hydrogens is 484 g/mol. The molecule has 1 heterocycles. The number of hydrogen-bond acceptors (Lipinski definition) is 8. The van der Waals surface area contributed by atoms with Gasteiger partial charge in [0.05, 0.1) is 17.1 Å². The van der Waals surface area contributed by atoms with Gasteiger partial charge in [0.25, 0.3) is 5.91 Å². The standard InChI is InChI=1S/C25H22N4O6S/c1-4-34-21-8-5-15(11-19(21)29(32)33)23(31)28-25(36)26-16-6-7-20(30)17(12-16)24-27-18-10-13(2)9-14(3)22(18)35-24/h5-12,30H,4H2,1-3H3,(H2,26,28,31,36). The monoisotopic (exact) mass is 506 g/mol. The van der Waals surface area contributed by atoms with Crippen LogP contribution in [0.4, 0.5) is 11.4 Å². The summed E-state index contributed by atoms with van der Waals surface area (Å²) in [5.74, 6) is -0.377. The van der Waals surface area contributed by atoms with Crippen molar-refractivity contribution in [1.82, 2.24) is 10.3 Å². The number of anilines is 1. The number of phenolic OH excluding ortho intramolecular Hbond substituents is 1. The van der Waals surface area contributed by atoms with E-state index in [1.54, 1.807) is 19.1 Å². The van der Waals surface area contributed by atoms with Gasteiger partial charge in [-0.25, -0.2) is 4.98 Å². The number of phenols is 1. The quantitative estimate of drug-likeness (QED) is 0.138. The first kappa shape index (κ1) is 24.6. The zero-order valence-electron chi connectivity index (χ0n) is 19.6. The van der Waals surface area contributed by atoms with E-state index < -0.39 is 10.8 Å². The van der Waals surface area contributed by atoms with E-state index in [2.05, 4.69) is 15.6 Å². The lowest BCUT2D eigenvalue weighted by Gasteiger charge is -2.11. The van der Waals surface area contributed by atoms with E-state index in [4.69, 9.17) is 21.4 Å². The maximum atomic E-state index is 12.6. The number of carbonyl (C=O) groups excluding carboxylic acids is 1. The number of aromatic nitrogens is 1. The van der Waals surface area contributed by atoms with Gasteiger partial charge < -0.3 is 19.6 Å². The fraction of sp³-hybridized carbons (Fsp3) is 0.160. The molecule has 3 aromatic carbocycles. The minimum atomic E-state index is -0.637. The summed E-state index contributed by atoms with van der Waals surface area (Å²) in [6.07, 6.45) is 0. The molecule has 0 fully saturated rings. The molecule has 11 heteroatoms. The fourth-order valence-electron chi connectivity index (χ4n) is 3.69. The molecule has 1 aromatic heterocycles. The van der Waals surface area contributed by atoms with Crippen LogP contribution in [0, 0.1) is 24.0 Å². The normalized spacial score (nSPS) is 10.8. The smallest absolute Gasteiger partial charge is 0.311 e. The zero-order chi connectivity index (χ0) is 26.0. The van der Waals surface area contributed by atoms with E-state index in [0.717, 1.165) is 17.2 Å². The summed E-state index contributed by atoms with van der Waals surface area (Å²) >= 11 is 5.24. The number of rotatable bonds is 6. The second-order valence-corrected chi connectivity index (χ2v) is 8.37. The third-order valence-electron chi connectivity index (χ3n) is 5.25. The van der Waals surface area contributed by atoms with Crippen LogP contribution in [-0.4, -0.2) is 32.6 Å². The predicted molar refractivity (Wildman–Crippen MR) is 139 cm³/mol. The van der Waals surface area contributed by atoms with Crippen LogP contribution in [0.15, 0.2) is 52.9 Å². The number of thiocarbonyl (C=S) groups is 1. The molecule has 0 saturated carbocycles. The van der Waals surface area contributed by atoms with Crippen LogP contribution in [0.2, 0.25) is 0 Å². The van der Waals surface area contributed by atoms with Gasteiger partial charge in [-0.2, -0.15) is 0 Å². The summed E-state index contributed by atoms with van der Waals surface area (Å²) in [4.78, 5) is 27.8. The Hall–Kier alpha value is -4.51. The molecule has 0 spiro atoms. The fourth-order valence-corrected chi connectivity index (χ4v) is 3.90. The number of nitrogens with zero attached hydrogens (tertiary/aromatic N) is 2. The number of nitro benzene ring substituents is 1. The molecule has 36 heavy (non-hydrogen) atoms. The van der Waals surface area contributed by atoms with E-state index >= 15 is 0 Å². The van der Waals surface area contributed by atoms with E-state index in [0.29, 0.717) is 22.4 Å². The van der Waals surface area contributed by atoms with E-state index in [1.165, 1.54) is 18.2 Å². The molecule has 0 radical (unpaired) electrons. The summed E-state index contributed by atoms with van der Waals surface area (Å²) in [5.41, 5.74) is 3.78. The number of nitro groups is 1. The number of amides is 1. The molecule has 1 amide bonds. The molecule has 0 saturated heterocycles. The van der Waals surface area contributed by atoms with Crippen LogP contribution in [0.25, 0.3) is 22.6 Å². The highest BCUT2D eigenvalue weighted by Crippen LogP contribution is 2.34. The topological polar surface area (TPSA) is 140 Å². The Balaban J connectivity index is 1.52. The average molecular weight is 507 g/mol. The lowest BCUT2D eigenvalue weighted by molar-refractivity contribution is -0.385. The first-order chi connectivity index (χ1) is 17.2. The Kier molecular flexibility index (Phi) is 6.84. The Morgan fingerprint density at radius 2 is 1.97 bits per heavy atom. The SMILES string of the molecule is CCOc1ccc(C(=O)NC(=S)Nc2ccc(O)c(-c3nc4cc(C)cc(C)c4o3)c2)cc1[N+](=O)[O-]. The number of oxazole rings is 1. The largest absolute Gasteiger partial charge is 0.507 e. The number of nitrogens with one attached hydrogen (secondary N) is 2. The lowest BCUT2D eigenvalue weighted by Crippen LogP contribution is -2.34. The van der Waals surface area contributed by atoms with E-state index in [-0.39, 0.29) is 40.4 Å². The minimum Gasteiger partial charge on any atom is -0.507 e. The summed E-state index contributed by atoms with van der Waals surface area (Å²) < 4.78 is 11.1. The maximum Gasteiger partial charge on any atom is 0.311 e. The van der Waals surface area contributed by atoms with Crippen LogP contribution < -0.4 is 15.4 Å². The van der Waals surface area contributed by atoms with Gasteiger partial charge in [-0.05, 0) is 80.5 Å². The maximum absolute atomic E-state index is 12.6. The highest BCUT2D eigenvalue weighted by Gasteiger charge is 2.20. The summed E-state index contributed by atoms with van der Waals surface area (Å²) in [5, 5.41) is 27.0. The van der Waals surface area contributed by atoms with E-state index in [1.807, 2.05) is 26.0 Å². The third-order valence-corrected chi connectivity index (χ3v) is 5.45. The average Bonchev–Trinajstić information content (AvgIpc) is 3.24. The van der Waals surface area contributed by atoms with Gasteiger partial charge in [0, 0.05) is 17.3 Å². The predicted octanol–water partition coefficient (Wildman–Crippen LogP) is 5.25. The van der Waals surface area contributed by atoms with Crippen molar-refractivity contribution in [2.75, 3.05) is 11.9 Å². The number of ether oxygens (including phenoxy) is 1. The number of fused-ring (bicyclic) bond motifs is 1. The Morgan fingerprint density at radius 3 is 2.69 bits per heavy atom. The van der Waals surface area contributed by atoms with Crippen molar-refractivity contribution in [3.63, 3.8) is 0 Å². The van der Waals surface area contributed by atoms with Crippen molar-refractivity contribution in [2.45, 2.75) is 20.8 Å².